The molecule has 10 nitrogen and oxygen atoms in total. The van der Waals surface area contributed by atoms with Crippen LogP contribution < -0.4 is 19.5 Å². The largest absolute Gasteiger partial charge is 0.497 e. The number of likely N-dealkylation sites (tertiary alicyclic amines) is 1. The number of anilines is 1. The molecule has 3 atom stereocenters. The van der Waals surface area contributed by atoms with Crippen LogP contribution in [0, 0.1) is 5.92 Å². The molecule has 0 radical (unpaired) electrons. The van der Waals surface area contributed by atoms with E-state index >= 15 is 0 Å². The van der Waals surface area contributed by atoms with E-state index in [0.29, 0.717) is 35.9 Å². The molecule has 3 aromatic rings. The van der Waals surface area contributed by atoms with Gasteiger partial charge in [0.2, 0.25) is 12.7 Å². The molecule has 10 heteroatoms. The lowest BCUT2D eigenvalue weighted by atomic mass is 9.82. The minimum Gasteiger partial charge on any atom is -0.497 e. The normalized spacial score (nSPS) is 19.4. The number of aryl methyl sites for hydroxylation is 2. The first-order valence-corrected chi connectivity index (χ1v) is 13.9. The van der Waals surface area contributed by atoms with E-state index in [-0.39, 0.29) is 32.1 Å². The summed E-state index contributed by atoms with van der Waals surface area (Å²) >= 11 is 0. The summed E-state index contributed by atoms with van der Waals surface area (Å²) in [6.07, 6.45) is 0.880. The zero-order valence-electron chi connectivity index (χ0n) is 23.5. The Morgan fingerprint density at radius 1 is 0.976 bits per heavy atom. The molecule has 0 bridgehead atoms. The Balaban J connectivity index is 1.47. The Labute approximate surface area is 243 Å². The fourth-order valence-corrected chi connectivity index (χ4v) is 5.99. The van der Waals surface area contributed by atoms with Crippen LogP contribution in [0.15, 0.2) is 60.7 Å². The van der Waals surface area contributed by atoms with Gasteiger partial charge in [0.25, 0.3) is 0 Å². The van der Waals surface area contributed by atoms with E-state index in [2.05, 4.69) is 5.32 Å². The Kier molecular flexibility index (Phi) is 8.63. The number of carbonyl (C=O) groups is 3. The van der Waals surface area contributed by atoms with E-state index in [0.717, 1.165) is 22.3 Å². The Morgan fingerprint density at radius 3 is 2.38 bits per heavy atom. The average molecular weight is 575 g/mol. The van der Waals surface area contributed by atoms with E-state index in [1.54, 1.807) is 25.3 Å². The molecule has 3 N–H and O–H groups in total. The summed E-state index contributed by atoms with van der Waals surface area (Å²) in [5, 5.41) is 22.7. The summed E-state index contributed by atoms with van der Waals surface area (Å²) in [7, 11) is 1.57. The van der Waals surface area contributed by atoms with E-state index in [4.69, 9.17) is 14.2 Å². The molecule has 0 aromatic heterocycles. The average Bonchev–Trinajstić information content (AvgIpc) is 3.61. The third-order valence-electron chi connectivity index (χ3n) is 8.00. The molecule has 220 valence electrons. The number of hydrogen-bond acceptors (Lipinski definition) is 7. The van der Waals surface area contributed by atoms with Gasteiger partial charge in [0.1, 0.15) is 5.75 Å². The van der Waals surface area contributed by atoms with Gasteiger partial charge in [0.05, 0.1) is 19.6 Å². The van der Waals surface area contributed by atoms with Gasteiger partial charge in [-0.25, -0.2) is 0 Å². The van der Waals surface area contributed by atoms with Gasteiger partial charge in [-0.2, -0.15) is 0 Å². The van der Waals surface area contributed by atoms with Crippen molar-refractivity contribution in [3.05, 3.63) is 82.9 Å². The van der Waals surface area contributed by atoms with Gasteiger partial charge >= 0.3 is 11.9 Å². The number of carboxylic acids is 2. The second kappa shape index (κ2) is 12.5. The predicted molar refractivity (Wildman–Crippen MR) is 154 cm³/mol. The van der Waals surface area contributed by atoms with Crippen molar-refractivity contribution in [2.75, 3.05) is 32.3 Å². The molecule has 1 amide bonds. The van der Waals surface area contributed by atoms with Crippen molar-refractivity contribution in [2.24, 2.45) is 5.92 Å². The maximum absolute atomic E-state index is 13.6. The van der Waals surface area contributed by atoms with Gasteiger partial charge in [0, 0.05) is 30.6 Å². The van der Waals surface area contributed by atoms with Gasteiger partial charge < -0.3 is 29.7 Å². The van der Waals surface area contributed by atoms with E-state index in [9.17, 15) is 24.6 Å². The van der Waals surface area contributed by atoms with Crippen LogP contribution in [-0.4, -0.2) is 60.0 Å². The SMILES string of the molecule is CCc1cccc(CCC(=O)O)c1NC(=O)CN1CC(c2ccc3c(c2)OCO3)C(C(=O)O)C1c1ccc(OC)cc1. The summed E-state index contributed by atoms with van der Waals surface area (Å²) < 4.78 is 16.3. The van der Waals surface area contributed by atoms with Gasteiger partial charge in [0.15, 0.2) is 11.5 Å². The van der Waals surface area contributed by atoms with Crippen LogP contribution in [0.25, 0.3) is 0 Å². The lowest BCUT2D eigenvalue weighted by Gasteiger charge is -2.27. The highest BCUT2D eigenvalue weighted by Crippen LogP contribution is 2.47. The van der Waals surface area contributed by atoms with Crippen LogP contribution in [0.4, 0.5) is 5.69 Å². The number of methoxy groups -OCH3 is 1. The number of rotatable bonds is 11. The predicted octanol–water partition coefficient (Wildman–Crippen LogP) is 4.48. The molecule has 5 rings (SSSR count). The summed E-state index contributed by atoms with van der Waals surface area (Å²) in [6.45, 7) is 2.35. The summed E-state index contributed by atoms with van der Waals surface area (Å²) in [4.78, 5) is 39.6. The number of aliphatic carboxylic acids is 2. The van der Waals surface area contributed by atoms with Gasteiger partial charge in [-0.15, -0.1) is 0 Å². The molecule has 42 heavy (non-hydrogen) atoms. The zero-order chi connectivity index (χ0) is 29.8. The Hall–Kier alpha value is -4.57. The van der Waals surface area contributed by atoms with Crippen LogP contribution in [0.3, 0.4) is 0 Å². The van der Waals surface area contributed by atoms with Gasteiger partial charge in [-0.3, -0.25) is 19.3 Å². The van der Waals surface area contributed by atoms with Crippen molar-refractivity contribution in [3.63, 3.8) is 0 Å². The van der Waals surface area contributed by atoms with Crippen molar-refractivity contribution in [2.45, 2.75) is 38.1 Å². The maximum atomic E-state index is 13.6. The number of amides is 1. The molecule has 2 heterocycles. The monoisotopic (exact) mass is 574 g/mol. The summed E-state index contributed by atoms with van der Waals surface area (Å²) in [5.74, 6) is -1.63. The number of para-hydroxylation sites is 1. The maximum Gasteiger partial charge on any atom is 0.309 e. The lowest BCUT2D eigenvalue weighted by molar-refractivity contribution is -0.143. The topological polar surface area (TPSA) is 135 Å². The molecule has 1 saturated heterocycles. The minimum atomic E-state index is -0.964. The number of carboxylic acid groups (broad SMARTS) is 2. The number of ether oxygens (including phenoxy) is 3. The molecule has 2 aliphatic rings. The molecule has 0 saturated carbocycles. The third-order valence-corrected chi connectivity index (χ3v) is 8.00. The molecule has 2 aliphatic heterocycles. The van der Waals surface area contributed by atoms with Crippen molar-refractivity contribution in [3.8, 4) is 17.2 Å². The second-order valence-corrected chi connectivity index (χ2v) is 10.5. The van der Waals surface area contributed by atoms with E-state index < -0.39 is 29.8 Å². The quantitative estimate of drug-likeness (QED) is 0.303. The Bertz CT molecular complexity index is 1470. The fraction of sp³-hybridized carbons (Fsp3) is 0.344. The van der Waals surface area contributed by atoms with Gasteiger partial charge in [-0.05, 0) is 59.4 Å². The van der Waals surface area contributed by atoms with Crippen molar-refractivity contribution in [1.82, 2.24) is 4.90 Å². The smallest absolute Gasteiger partial charge is 0.309 e. The van der Waals surface area contributed by atoms with Crippen molar-refractivity contribution in [1.29, 1.82) is 0 Å². The molecule has 0 aliphatic carbocycles. The first kappa shape index (κ1) is 28.9. The number of nitrogens with one attached hydrogen (secondary N) is 1. The molecule has 3 aromatic carbocycles. The first-order chi connectivity index (χ1) is 20.3. The molecular weight excluding hydrogens is 540 g/mol. The summed E-state index contributed by atoms with van der Waals surface area (Å²) in [5.41, 5.74) is 3.82. The fourth-order valence-electron chi connectivity index (χ4n) is 5.99. The Morgan fingerprint density at radius 2 is 1.69 bits per heavy atom. The van der Waals surface area contributed by atoms with E-state index in [1.807, 2.05) is 54.3 Å². The number of benzene rings is 3. The third kappa shape index (κ3) is 6.03. The van der Waals surface area contributed by atoms with Crippen LogP contribution in [0.2, 0.25) is 0 Å². The van der Waals surface area contributed by atoms with Crippen LogP contribution in [-0.2, 0) is 27.2 Å². The molecule has 0 spiro atoms. The minimum absolute atomic E-state index is 0.0563. The van der Waals surface area contributed by atoms with Gasteiger partial charge in [-0.1, -0.05) is 43.3 Å². The lowest BCUT2D eigenvalue weighted by Crippen LogP contribution is -2.35. The number of carbonyl (C=O) groups excluding carboxylic acids is 1. The zero-order valence-corrected chi connectivity index (χ0v) is 23.5. The summed E-state index contributed by atoms with van der Waals surface area (Å²) in [6, 6.07) is 17.7. The van der Waals surface area contributed by atoms with Crippen molar-refractivity contribution < 1.29 is 38.8 Å². The highest BCUT2D eigenvalue weighted by Gasteiger charge is 2.48. The number of nitrogens with zero attached hydrogens (tertiary/aromatic N) is 1. The van der Waals surface area contributed by atoms with E-state index in [1.165, 1.54) is 0 Å². The number of hydrogen-bond donors (Lipinski definition) is 3. The molecule has 1 fully saturated rings. The van der Waals surface area contributed by atoms with Crippen molar-refractivity contribution >= 4 is 23.5 Å². The standard InChI is InChI=1S/C32H34N2O8/c1-3-19-5-4-6-20(10-14-28(36)37)30(19)33-27(35)17-34-16-24(22-9-13-25-26(15-22)42-18-41-25)29(32(38)39)31(34)21-7-11-23(40-2)12-8-21/h4-9,11-13,15,24,29,31H,3,10,14,16-18H2,1-2H3,(H,33,35)(H,36,37)(H,38,39). The van der Waals surface area contributed by atoms with Crippen LogP contribution >= 0.6 is 0 Å². The van der Waals surface area contributed by atoms with Crippen LogP contribution in [0.5, 0.6) is 17.2 Å². The van der Waals surface area contributed by atoms with Crippen LogP contribution in [0.1, 0.15) is 47.6 Å². The highest BCUT2D eigenvalue weighted by atomic mass is 16.7. The molecular formula is C32H34N2O8. The first-order valence-electron chi connectivity index (χ1n) is 13.9. The molecule has 3 unspecified atom stereocenters. The highest BCUT2D eigenvalue weighted by molar-refractivity contribution is 5.94. The second-order valence-electron chi connectivity index (χ2n) is 10.5. The number of fused-ring (bicyclic) bond motifs is 1.